The van der Waals surface area contributed by atoms with Gasteiger partial charge in [-0.15, -0.1) is 0 Å². The summed E-state index contributed by atoms with van der Waals surface area (Å²) in [7, 11) is 3.21. The van der Waals surface area contributed by atoms with E-state index < -0.39 is 0 Å². The summed E-state index contributed by atoms with van der Waals surface area (Å²) in [6.45, 7) is 4.60. The molecular formula is C17H22BrN3O3. The average molecular weight is 396 g/mol. The summed E-state index contributed by atoms with van der Waals surface area (Å²) in [5.74, 6) is 1.32. The Balaban J connectivity index is 1.87. The Bertz CT molecular complexity index is 728. The number of aryl methyl sites for hydroxylation is 1. The summed E-state index contributed by atoms with van der Waals surface area (Å²) >= 11 is 3.46. The van der Waals surface area contributed by atoms with Gasteiger partial charge in [-0.05, 0) is 53.9 Å². The fourth-order valence-corrected chi connectivity index (χ4v) is 2.69. The Morgan fingerprint density at radius 2 is 1.96 bits per heavy atom. The highest BCUT2D eigenvalue weighted by molar-refractivity contribution is 9.10. The molecule has 24 heavy (non-hydrogen) atoms. The third-order valence-corrected chi connectivity index (χ3v) is 4.92. The van der Waals surface area contributed by atoms with Crippen molar-refractivity contribution >= 4 is 21.8 Å². The number of hydrogen-bond acceptors (Lipinski definition) is 4. The van der Waals surface area contributed by atoms with Crippen molar-refractivity contribution in [2.45, 2.75) is 26.8 Å². The summed E-state index contributed by atoms with van der Waals surface area (Å²) in [4.78, 5) is 12.1. The van der Waals surface area contributed by atoms with Gasteiger partial charge in [0.05, 0.1) is 30.1 Å². The molecule has 1 aromatic carbocycles. The zero-order valence-electron chi connectivity index (χ0n) is 14.4. The molecule has 1 heterocycles. The number of aromatic nitrogens is 2. The Morgan fingerprint density at radius 3 is 2.54 bits per heavy atom. The summed E-state index contributed by atoms with van der Waals surface area (Å²) in [6.07, 6.45) is 0.715. The second-order valence-corrected chi connectivity index (χ2v) is 6.22. The van der Waals surface area contributed by atoms with E-state index in [0.717, 1.165) is 21.4 Å². The predicted molar refractivity (Wildman–Crippen MR) is 95.7 cm³/mol. The molecule has 2 rings (SSSR count). The lowest BCUT2D eigenvalue weighted by molar-refractivity contribution is -0.121. The Kier molecular flexibility index (Phi) is 6.25. The van der Waals surface area contributed by atoms with Crippen LogP contribution in [0.4, 0.5) is 0 Å². The molecule has 1 N–H and O–H groups in total. The van der Waals surface area contributed by atoms with Crippen LogP contribution in [0.1, 0.15) is 17.0 Å². The minimum Gasteiger partial charge on any atom is -0.493 e. The molecule has 0 aliphatic carbocycles. The van der Waals surface area contributed by atoms with Crippen LogP contribution in [0.25, 0.3) is 0 Å². The highest BCUT2D eigenvalue weighted by Gasteiger charge is 2.11. The van der Waals surface area contributed by atoms with Crippen LogP contribution in [-0.2, 0) is 17.8 Å². The number of rotatable bonds is 7. The van der Waals surface area contributed by atoms with Crippen LogP contribution in [0.15, 0.2) is 22.7 Å². The molecular weight excluding hydrogens is 374 g/mol. The molecule has 0 atom stereocenters. The molecule has 0 aliphatic rings. The monoisotopic (exact) mass is 395 g/mol. The Morgan fingerprint density at radius 1 is 1.25 bits per heavy atom. The fourth-order valence-electron chi connectivity index (χ4n) is 2.40. The first-order valence-corrected chi connectivity index (χ1v) is 8.42. The standard InChI is InChI=1S/C17H22BrN3O3/c1-11-17(18)12(2)21(20-11)10-16(22)19-8-7-13-5-6-14(23-3)15(9-13)24-4/h5-6,9H,7-8,10H2,1-4H3,(H,19,22). The van der Waals surface area contributed by atoms with Gasteiger partial charge >= 0.3 is 0 Å². The predicted octanol–water partition coefficient (Wildman–Crippen LogP) is 2.64. The van der Waals surface area contributed by atoms with Gasteiger partial charge in [-0.2, -0.15) is 5.10 Å². The van der Waals surface area contributed by atoms with E-state index in [9.17, 15) is 4.79 Å². The molecule has 0 spiro atoms. The number of benzene rings is 1. The summed E-state index contributed by atoms with van der Waals surface area (Å²) in [5.41, 5.74) is 2.90. The molecule has 0 aliphatic heterocycles. The summed E-state index contributed by atoms with van der Waals surface area (Å²) < 4.78 is 13.1. The zero-order chi connectivity index (χ0) is 17.7. The topological polar surface area (TPSA) is 65.4 Å². The van der Waals surface area contributed by atoms with Crippen molar-refractivity contribution in [1.29, 1.82) is 0 Å². The molecule has 0 saturated heterocycles. The van der Waals surface area contributed by atoms with E-state index in [1.165, 1.54) is 0 Å². The maximum atomic E-state index is 12.1. The van der Waals surface area contributed by atoms with Gasteiger partial charge in [0.2, 0.25) is 5.91 Å². The van der Waals surface area contributed by atoms with Crippen LogP contribution in [0, 0.1) is 13.8 Å². The van der Waals surface area contributed by atoms with E-state index in [0.29, 0.717) is 24.5 Å². The van der Waals surface area contributed by atoms with E-state index in [1.807, 2.05) is 32.0 Å². The second-order valence-electron chi connectivity index (χ2n) is 5.43. The van der Waals surface area contributed by atoms with Gasteiger partial charge in [0.15, 0.2) is 11.5 Å². The van der Waals surface area contributed by atoms with Crippen LogP contribution < -0.4 is 14.8 Å². The molecule has 0 radical (unpaired) electrons. The first-order chi connectivity index (χ1) is 11.5. The Labute approximate surface area is 150 Å². The second kappa shape index (κ2) is 8.19. The number of carbonyl (C=O) groups excluding carboxylic acids is 1. The number of ether oxygens (including phenoxy) is 2. The number of nitrogens with one attached hydrogen (secondary N) is 1. The van der Waals surface area contributed by atoms with Gasteiger partial charge in [-0.1, -0.05) is 6.07 Å². The number of halogens is 1. The van der Waals surface area contributed by atoms with Crippen molar-refractivity contribution in [1.82, 2.24) is 15.1 Å². The number of methoxy groups -OCH3 is 2. The fraction of sp³-hybridized carbons (Fsp3) is 0.412. The lowest BCUT2D eigenvalue weighted by atomic mass is 10.1. The molecule has 1 aromatic heterocycles. The highest BCUT2D eigenvalue weighted by atomic mass is 79.9. The first-order valence-electron chi connectivity index (χ1n) is 7.63. The van der Waals surface area contributed by atoms with Crippen LogP contribution in [0.5, 0.6) is 11.5 Å². The highest BCUT2D eigenvalue weighted by Crippen LogP contribution is 2.27. The SMILES string of the molecule is COc1ccc(CCNC(=O)Cn2nc(C)c(Br)c2C)cc1OC. The van der Waals surface area contributed by atoms with Gasteiger partial charge in [0.1, 0.15) is 6.54 Å². The third-order valence-electron chi connectivity index (χ3n) is 3.77. The number of nitrogens with zero attached hydrogens (tertiary/aromatic N) is 2. The van der Waals surface area contributed by atoms with Gasteiger partial charge in [-0.25, -0.2) is 0 Å². The summed E-state index contributed by atoms with van der Waals surface area (Å²) in [6, 6.07) is 5.75. The number of hydrogen-bond donors (Lipinski definition) is 1. The van der Waals surface area contributed by atoms with E-state index in [-0.39, 0.29) is 12.5 Å². The zero-order valence-corrected chi connectivity index (χ0v) is 15.9. The van der Waals surface area contributed by atoms with Gasteiger partial charge in [-0.3, -0.25) is 9.48 Å². The lowest BCUT2D eigenvalue weighted by Gasteiger charge is -2.10. The molecule has 130 valence electrons. The smallest absolute Gasteiger partial charge is 0.241 e. The lowest BCUT2D eigenvalue weighted by Crippen LogP contribution is -2.30. The minimum absolute atomic E-state index is 0.0615. The van der Waals surface area contributed by atoms with Crippen LogP contribution >= 0.6 is 15.9 Å². The van der Waals surface area contributed by atoms with Crippen molar-refractivity contribution in [3.8, 4) is 11.5 Å². The molecule has 0 unspecified atom stereocenters. The van der Waals surface area contributed by atoms with Gasteiger partial charge in [0, 0.05) is 6.54 Å². The van der Waals surface area contributed by atoms with Crippen molar-refractivity contribution in [3.05, 3.63) is 39.6 Å². The summed E-state index contributed by atoms with van der Waals surface area (Å²) in [5, 5.41) is 7.25. The normalized spacial score (nSPS) is 10.5. The average Bonchev–Trinajstić information content (AvgIpc) is 2.81. The molecule has 2 aromatic rings. The maximum absolute atomic E-state index is 12.1. The number of carbonyl (C=O) groups is 1. The van der Waals surface area contributed by atoms with E-state index in [2.05, 4.69) is 26.3 Å². The maximum Gasteiger partial charge on any atom is 0.241 e. The van der Waals surface area contributed by atoms with Crippen LogP contribution in [-0.4, -0.2) is 36.5 Å². The molecule has 6 nitrogen and oxygen atoms in total. The molecule has 0 bridgehead atoms. The van der Waals surface area contributed by atoms with Gasteiger partial charge < -0.3 is 14.8 Å². The number of amides is 1. The Hall–Kier alpha value is -2.02. The van der Waals surface area contributed by atoms with Crippen molar-refractivity contribution < 1.29 is 14.3 Å². The van der Waals surface area contributed by atoms with Crippen LogP contribution in [0.3, 0.4) is 0 Å². The third kappa shape index (κ3) is 4.29. The van der Waals surface area contributed by atoms with Crippen LogP contribution in [0.2, 0.25) is 0 Å². The molecule has 1 amide bonds. The molecule has 0 fully saturated rings. The van der Waals surface area contributed by atoms with E-state index in [1.54, 1.807) is 18.9 Å². The van der Waals surface area contributed by atoms with E-state index in [4.69, 9.17) is 9.47 Å². The minimum atomic E-state index is -0.0615. The van der Waals surface area contributed by atoms with E-state index >= 15 is 0 Å². The first kappa shape index (κ1) is 18.3. The van der Waals surface area contributed by atoms with Crippen molar-refractivity contribution in [2.75, 3.05) is 20.8 Å². The molecule has 7 heteroatoms. The largest absolute Gasteiger partial charge is 0.493 e. The van der Waals surface area contributed by atoms with Crippen molar-refractivity contribution in [2.24, 2.45) is 0 Å². The van der Waals surface area contributed by atoms with Gasteiger partial charge in [0.25, 0.3) is 0 Å². The quantitative estimate of drug-likeness (QED) is 0.782. The molecule has 0 saturated carbocycles. The van der Waals surface area contributed by atoms with Crippen molar-refractivity contribution in [3.63, 3.8) is 0 Å².